The number of nitrogens with zero attached hydrogens (tertiary/aromatic N) is 3. The number of carbonyl (C=O) groups excluding carboxylic acids is 2. The van der Waals surface area contributed by atoms with Gasteiger partial charge in [-0.25, -0.2) is 8.78 Å². The number of para-hydroxylation sites is 2. The van der Waals surface area contributed by atoms with Crippen LogP contribution in [0, 0.1) is 11.6 Å². The van der Waals surface area contributed by atoms with Crippen LogP contribution in [0.2, 0.25) is 0 Å². The van der Waals surface area contributed by atoms with Crippen LogP contribution in [0.1, 0.15) is 27.9 Å². The van der Waals surface area contributed by atoms with Crippen LogP contribution in [0.15, 0.2) is 107 Å². The van der Waals surface area contributed by atoms with Crippen molar-refractivity contribution in [1.82, 2.24) is 10.2 Å². The van der Waals surface area contributed by atoms with Gasteiger partial charge in [0.25, 0.3) is 11.8 Å². The lowest BCUT2D eigenvalue weighted by Gasteiger charge is -2.36. The van der Waals surface area contributed by atoms with Crippen molar-refractivity contribution < 1.29 is 18.4 Å². The minimum Gasteiger partial charge on any atom is -0.367 e. The van der Waals surface area contributed by atoms with Crippen LogP contribution in [0.4, 0.5) is 20.2 Å². The Bertz CT molecular complexity index is 1690. The number of carbonyl (C=O) groups is 2. The maximum atomic E-state index is 14.1. The Kier molecular flexibility index (Phi) is 9.57. The first-order valence-corrected chi connectivity index (χ1v) is 15.9. The summed E-state index contributed by atoms with van der Waals surface area (Å²) >= 11 is 1.42. The Hall–Kier alpha value is -4.47. The molecular formula is C36H34F2N4O2S. The van der Waals surface area contributed by atoms with Gasteiger partial charge in [-0.15, -0.1) is 0 Å². The molecular weight excluding hydrogens is 590 g/mol. The summed E-state index contributed by atoms with van der Waals surface area (Å²) in [4.78, 5) is 34.0. The Labute approximate surface area is 266 Å². The summed E-state index contributed by atoms with van der Waals surface area (Å²) in [6.45, 7) is 5.02. The molecule has 6 rings (SSSR count). The Morgan fingerprint density at radius 2 is 1.51 bits per heavy atom. The molecule has 0 atom stereocenters. The molecule has 0 unspecified atom stereocenters. The van der Waals surface area contributed by atoms with E-state index >= 15 is 0 Å². The highest BCUT2D eigenvalue weighted by Crippen LogP contribution is 2.42. The molecule has 1 fully saturated rings. The lowest BCUT2D eigenvalue weighted by molar-refractivity contribution is -0.114. The van der Waals surface area contributed by atoms with Crippen molar-refractivity contribution in [3.05, 3.63) is 130 Å². The summed E-state index contributed by atoms with van der Waals surface area (Å²) in [5, 5.41) is 3.00. The zero-order chi connectivity index (χ0) is 31.2. The van der Waals surface area contributed by atoms with Gasteiger partial charge in [0.05, 0.1) is 22.8 Å². The molecule has 6 nitrogen and oxygen atoms in total. The first-order chi connectivity index (χ1) is 21.9. The lowest BCUT2D eigenvalue weighted by Crippen LogP contribution is -2.47. The molecule has 1 N–H and O–H groups in total. The highest BCUT2D eigenvalue weighted by Gasteiger charge is 2.29. The number of nitrogens with one attached hydrogen (secondary N) is 1. The molecule has 2 aliphatic rings. The summed E-state index contributed by atoms with van der Waals surface area (Å²) in [6.07, 6.45) is 2.67. The van der Waals surface area contributed by atoms with E-state index < -0.39 is 0 Å². The summed E-state index contributed by atoms with van der Waals surface area (Å²) < 4.78 is 27.5. The van der Waals surface area contributed by atoms with Gasteiger partial charge in [0.15, 0.2) is 0 Å². The van der Waals surface area contributed by atoms with E-state index in [2.05, 4.69) is 15.1 Å². The number of rotatable bonds is 9. The molecule has 0 aliphatic carbocycles. The largest absolute Gasteiger partial charge is 0.367 e. The number of piperazine rings is 1. The second kappa shape index (κ2) is 14.1. The summed E-state index contributed by atoms with van der Waals surface area (Å²) in [6, 6.07) is 28.0. The topological polar surface area (TPSA) is 55.9 Å². The number of thioether (sulfide) groups is 1. The first kappa shape index (κ1) is 30.6. The van der Waals surface area contributed by atoms with Gasteiger partial charge >= 0.3 is 0 Å². The number of benzene rings is 4. The number of hydrogen-bond acceptors (Lipinski definition) is 5. The molecule has 2 amide bonds. The lowest BCUT2D eigenvalue weighted by atomic mass is 10.1. The zero-order valence-corrected chi connectivity index (χ0v) is 25.6. The molecule has 4 aromatic carbocycles. The predicted molar refractivity (Wildman–Crippen MR) is 176 cm³/mol. The second-order valence-corrected chi connectivity index (χ2v) is 12.2. The normalized spacial score (nSPS) is 16.1. The fraction of sp³-hybridized carbons (Fsp3) is 0.222. The Morgan fingerprint density at radius 1 is 0.822 bits per heavy atom. The van der Waals surface area contributed by atoms with Gasteiger partial charge in [-0.05, 0) is 78.7 Å². The van der Waals surface area contributed by atoms with E-state index in [4.69, 9.17) is 0 Å². The van der Waals surface area contributed by atoms with Gasteiger partial charge in [-0.3, -0.25) is 14.5 Å². The van der Waals surface area contributed by atoms with Crippen molar-refractivity contribution in [2.45, 2.75) is 17.9 Å². The van der Waals surface area contributed by atoms with Gasteiger partial charge < -0.3 is 15.1 Å². The molecule has 0 aromatic heterocycles. The maximum absolute atomic E-state index is 14.1. The molecule has 230 valence electrons. The third-order valence-electron chi connectivity index (χ3n) is 8.06. The van der Waals surface area contributed by atoms with Crippen LogP contribution in [0.5, 0.6) is 0 Å². The van der Waals surface area contributed by atoms with Crippen LogP contribution < -0.4 is 15.1 Å². The highest BCUT2D eigenvalue weighted by molar-refractivity contribution is 8.04. The number of fused-ring (bicyclic) bond motifs is 1. The van der Waals surface area contributed by atoms with Crippen molar-refractivity contribution in [3.63, 3.8) is 0 Å². The number of halogens is 2. The summed E-state index contributed by atoms with van der Waals surface area (Å²) in [5.74, 6) is -0.763. The first-order valence-electron chi connectivity index (χ1n) is 15.1. The summed E-state index contributed by atoms with van der Waals surface area (Å²) in [5.41, 5.74) is 3.69. The molecule has 2 heterocycles. The van der Waals surface area contributed by atoms with Crippen molar-refractivity contribution in [1.29, 1.82) is 0 Å². The van der Waals surface area contributed by atoms with Crippen molar-refractivity contribution >= 4 is 41.0 Å². The monoisotopic (exact) mass is 624 g/mol. The predicted octanol–water partition coefficient (Wildman–Crippen LogP) is 6.59. The van der Waals surface area contributed by atoms with Gasteiger partial charge in [0.1, 0.15) is 11.6 Å². The van der Waals surface area contributed by atoms with Crippen LogP contribution in [0.3, 0.4) is 0 Å². The molecule has 9 heteroatoms. The molecule has 45 heavy (non-hydrogen) atoms. The van der Waals surface area contributed by atoms with Gasteiger partial charge in [-0.2, -0.15) is 0 Å². The molecule has 0 spiro atoms. The highest BCUT2D eigenvalue weighted by atomic mass is 32.2. The minimum atomic E-state index is -0.314. The van der Waals surface area contributed by atoms with E-state index in [0.717, 1.165) is 60.9 Å². The van der Waals surface area contributed by atoms with Crippen LogP contribution in [-0.2, 0) is 11.3 Å². The molecule has 4 aromatic rings. The molecule has 0 bridgehead atoms. The van der Waals surface area contributed by atoms with Crippen LogP contribution >= 0.6 is 11.8 Å². The maximum Gasteiger partial charge on any atom is 0.265 e. The van der Waals surface area contributed by atoms with Gasteiger partial charge in [0.2, 0.25) is 0 Å². The minimum absolute atomic E-state index is 0.126. The third-order valence-corrected chi connectivity index (χ3v) is 9.14. The Balaban J connectivity index is 1.01. The van der Waals surface area contributed by atoms with E-state index in [1.165, 1.54) is 30.0 Å². The third kappa shape index (κ3) is 7.44. The zero-order valence-electron chi connectivity index (χ0n) is 24.8. The SMILES string of the molecule is O=C(NCCCN1CCN(c2ccccc2F)CC1)c1ccc(C=C2Sc3ccccc3N(Cc3ccc(F)cc3)C2=O)cc1. The second-order valence-electron chi connectivity index (χ2n) is 11.1. The average molecular weight is 625 g/mol. The number of hydrogen-bond donors (Lipinski definition) is 1. The molecule has 0 saturated carbocycles. The Morgan fingerprint density at radius 3 is 2.24 bits per heavy atom. The number of amides is 2. The average Bonchev–Trinajstić information content (AvgIpc) is 3.07. The molecule has 0 radical (unpaired) electrons. The smallest absolute Gasteiger partial charge is 0.265 e. The van der Waals surface area contributed by atoms with Crippen LogP contribution in [0.25, 0.3) is 6.08 Å². The van der Waals surface area contributed by atoms with Gasteiger partial charge in [0, 0.05) is 43.2 Å². The fourth-order valence-corrected chi connectivity index (χ4v) is 6.66. The quantitative estimate of drug-likeness (QED) is 0.168. The van der Waals surface area contributed by atoms with E-state index in [9.17, 15) is 18.4 Å². The summed E-state index contributed by atoms with van der Waals surface area (Å²) in [7, 11) is 0. The van der Waals surface area contributed by atoms with E-state index in [1.54, 1.807) is 35.2 Å². The molecule has 1 saturated heterocycles. The van der Waals surface area contributed by atoms with Crippen molar-refractivity contribution in [2.24, 2.45) is 0 Å². The van der Waals surface area contributed by atoms with Gasteiger partial charge in [-0.1, -0.05) is 60.3 Å². The standard InChI is InChI=1S/C36H34F2N4O2S/c37-29-16-12-27(13-17-29)25-42-32-8-3-4-9-33(32)45-34(36(42)44)24-26-10-14-28(15-11-26)35(43)39-18-5-19-40-20-22-41(23-21-40)31-7-2-1-6-30(31)38/h1-4,6-17,24H,5,18-23,25H2,(H,39,43). The number of anilines is 2. The molecule has 2 aliphatic heterocycles. The van der Waals surface area contributed by atoms with Crippen molar-refractivity contribution in [2.75, 3.05) is 49.1 Å². The van der Waals surface area contributed by atoms with E-state index in [-0.39, 0.29) is 23.4 Å². The fourth-order valence-electron chi connectivity index (χ4n) is 5.60. The van der Waals surface area contributed by atoms with Crippen LogP contribution in [-0.4, -0.2) is 56.0 Å². The van der Waals surface area contributed by atoms with Crippen molar-refractivity contribution in [3.8, 4) is 0 Å². The van der Waals surface area contributed by atoms with E-state index in [1.807, 2.05) is 54.6 Å². The van der Waals surface area contributed by atoms with E-state index in [0.29, 0.717) is 29.2 Å².